The molecule has 0 aliphatic carbocycles. The lowest BCUT2D eigenvalue weighted by atomic mass is 10.1. The van der Waals surface area contributed by atoms with E-state index < -0.39 is 0 Å². The predicted octanol–water partition coefficient (Wildman–Crippen LogP) is 4.57. The van der Waals surface area contributed by atoms with E-state index in [9.17, 15) is 0 Å². The topological polar surface area (TPSA) is 63.0 Å². The second kappa shape index (κ2) is 8.71. The molecule has 1 aliphatic rings. The minimum absolute atomic E-state index is 0.527. The molecule has 142 valence electrons. The van der Waals surface area contributed by atoms with Crippen LogP contribution in [0.15, 0.2) is 70.9 Å². The summed E-state index contributed by atoms with van der Waals surface area (Å²) in [5, 5.41) is 8.75. The van der Waals surface area contributed by atoms with Gasteiger partial charge in [0.15, 0.2) is 11.6 Å². The number of rotatable bonds is 5. The summed E-state index contributed by atoms with van der Waals surface area (Å²) in [7, 11) is 0. The van der Waals surface area contributed by atoms with E-state index in [1.54, 1.807) is 0 Å². The van der Waals surface area contributed by atoms with Crippen molar-refractivity contribution in [3.05, 3.63) is 71.8 Å². The van der Waals surface area contributed by atoms with E-state index in [1.807, 2.05) is 42.5 Å². The van der Waals surface area contributed by atoms with Crippen LogP contribution in [0.1, 0.15) is 11.1 Å². The highest BCUT2D eigenvalue weighted by Gasteiger charge is 2.15. The van der Waals surface area contributed by atoms with Gasteiger partial charge in [0.25, 0.3) is 0 Å². The standard InChI is InChI=1S/C22H23N5O/c1-17-6-5-7-18(14-17)16-23-26-20-15-21(27-10-12-28-13-11-27)25-22(24-20)19-8-3-2-4-9-19/h2-9,14-15H,10-13,16H2,1H3. The Balaban J connectivity index is 1.62. The first-order chi connectivity index (χ1) is 13.8. The van der Waals surface area contributed by atoms with Gasteiger partial charge in [-0.1, -0.05) is 60.2 Å². The van der Waals surface area contributed by atoms with Crippen LogP contribution in [0.3, 0.4) is 0 Å². The summed E-state index contributed by atoms with van der Waals surface area (Å²) in [6.45, 7) is 5.63. The summed E-state index contributed by atoms with van der Waals surface area (Å²) in [4.78, 5) is 11.6. The Hall–Kier alpha value is -3.12. The monoisotopic (exact) mass is 373 g/mol. The van der Waals surface area contributed by atoms with Gasteiger partial charge in [-0.15, -0.1) is 5.11 Å². The maximum Gasteiger partial charge on any atom is 0.179 e. The van der Waals surface area contributed by atoms with Crippen molar-refractivity contribution in [1.82, 2.24) is 9.97 Å². The third-order valence-electron chi connectivity index (χ3n) is 4.58. The zero-order valence-electron chi connectivity index (χ0n) is 16.0. The Morgan fingerprint density at radius 3 is 2.57 bits per heavy atom. The summed E-state index contributed by atoms with van der Waals surface area (Å²) in [6, 6.07) is 20.2. The van der Waals surface area contributed by atoms with Crippen LogP contribution in [0.2, 0.25) is 0 Å². The lowest BCUT2D eigenvalue weighted by Gasteiger charge is -2.28. The predicted molar refractivity (Wildman–Crippen MR) is 110 cm³/mol. The maximum atomic E-state index is 5.46. The number of ether oxygens (including phenoxy) is 1. The molecule has 1 aromatic heterocycles. The van der Waals surface area contributed by atoms with Gasteiger partial charge in [0.05, 0.1) is 19.8 Å². The lowest BCUT2D eigenvalue weighted by Crippen LogP contribution is -2.36. The fourth-order valence-corrected chi connectivity index (χ4v) is 3.14. The molecule has 4 rings (SSSR count). The fraction of sp³-hybridized carbons (Fsp3) is 0.273. The van der Waals surface area contributed by atoms with E-state index in [4.69, 9.17) is 9.72 Å². The molecular formula is C22H23N5O. The molecule has 0 bridgehead atoms. The highest BCUT2D eigenvalue weighted by atomic mass is 16.5. The number of hydrogen-bond acceptors (Lipinski definition) is 6. The summed E-state index contributed by atoms with van der Waals surface area (Å²) >= 11 is 0. The average molecular weight is 373 g/mol. The van der Waals surface area contributed by atoms with Crippen molar-refractivity contribution >= 4 is 11.6 Å². The third kappa shape index (κ3) is 4.58. The van der Waals surface area contributed by atoms with Gasteiger partial charge in [-0.3, -0.25) is 0 Å². The second-order valence-electron chi connectivity index (χ2n) is 6.76. The summed E-state index contributed by atoms with van der Waals surface area (Å²) in [5.41, 5.74) is 3.32. The first kappa shape index (κ1) is 18.3. The van der Waals surface area contributed by atoms with Crippen LogP contribution in [0.25, 0.3) is 11.4 Å². The Bertz CT molecular complexity index is 952. The molecule has 1 fully saturated rings. The molecule has 1 saturated heterocycles. The van der Waals surface area contributed by atoms with E-state index in [0.29, 0.717) is 31.4 Å². The van der Waals surface area contributed by atoms with Gasteiger partial charge in [0.2, 0.25) is 0 Å². The first-order valence-electron chi connectivity index (χ1n) is 9.48. The molecule has 28 heavy (non-hydrogen) atoms. The van der Waals surface area contributed by atoms with Gasteiger partial charge in [0.1, 0.15) is 5.82 Å². The molecular weight excluding hydrogens is 350 g/mol. The van der Waals surface area contributed by atoms with Gasteiger partial charge in [-0.25, -0.2) is 9.97 Å². The molecule has 0 unspecified atom stereocenters. The van der Waals surface area contributed by atoms with Crippen LogP contribution in [0.5, 0.6) is 0 Å². The van der Waals surface area contributed by atoms with Crippen LogP contribution in [0.4, 0.5) is 11.6 Å². The number of morpholine rings is 1. The maximum absolute atomic E-state index is 5.46. The summed E-state index contributed by atoms with van der Waals surface area (Å²) in [6.07, 6.45) is 0. The highest BCUT2D eigenvalue weighted by Crippen LogP contribution is 2.25. The van der Waals surface area contributed by atoms with Crippen LogP contribution < -0.4 is 4.90 Å². The number of hydrogen-bond donors (Lipinski definition) is 0. The van der Waals surface area contributed by atoms with E-state index in [1.165, 1.54) is 5.56 Å². The van der Waals surface area contributed by atoms with Crippen molar-refractivity contribution < 1.29 is 4.74 Å². The quantitative estimate of drug-likeness (QED) is 0.615. The summed E-state index contributed by atoms with van der Waals surface area (Å²) < 4.78 is 5.46. The molecule has 6 nitrogen and oxygen atoms in total. The molecule has 1 aliphatic heterocycles. The molecule has 6 heteroatoms. The van der Waals surface area contributed by atoms with Crippen molar-refractivity contribution in [2.24, 2.45) is 10.2 Å². The van der Waals surface area contributed by atoms with E-state index in [0.717, 1.165) is 30.0 Å². The van der Waals surface area contributed by atoms with Crippen LogP contribution in [-0.2, 0) is 11.3 Å². The Labute approximate surface area is 164 Å². The molecule has 3 aromatic rings. The van der Waals surface area contributed by atoms with Gasteiger partial charge in [-0.2, -0.15) is 5.11 Å². The third-order valence-corrected chi connectivity index (χ3v) is 4.58. The summed E-state index contributed by atoms with van der Waals surface area (Å²) in [5.74, 6) is 2.10. The molecule has 2 heterocycles. The Kier molecular flexibility index (Phi) is 5.68. The van der Waals surface area contributed by atoms with Crippen molar-refractivity contribution in [3.63, 3.8) is 0 Å². The molecule has 2 aromatic carbocycles. The van der Waals surface area contributed by atoms with Gasteiger partial charge >= 0.3 is 0 Å². The van der Waals surface area contributed by atoms with Gasteiger partial charge in [-0.05, 0) is 12.5 Å². The molecule has 0 atom stereocenters. The number of anilines is 1. The second-order valence-corrected chi connectivity index (χ2v) is 6.76. The molecule has 0 N–H and O–H groups in total. The van der Waals surface area contributed by atoms with Crippen molar-refractivity contribution in [3.8, 4) is 11.4 Å². The largest absolute Gasteiger partial charge is 0.378 e. The first-order valence-corrected chi connectivity index (χ1v) is 9.48. The minimum Gasteiger partial charge on any atom is -0.378 e. The fourth-order valence-electron chi connectivity index (χ4n) is 3.14. The van der Waals surface area contributed by atoms with E-state index in [-0.39, 0.29) is 0 Å². The van der Waals surface area contributed by atoms with Crippen molar-refractivity contribution in [1.29, 1.82) is 0 Å². The Morgan fingerprint density at radius 2 is 1.79 bits per heavy atom. The van der Waals surface area contributed by atoms with Crippen LogP contribution in [0, 0.1) is 6.92 Å². The number of aromatic nitrogens is 2. The molecule has 0 radical (unpaired) electrons. The zero-order chi connectivity index (χ0) is 19.2. The SMILES string of the molecule is Cc1cccc(CN=Nc2cc(N3CCOCC3)nc(-c3ccccc3)n2)c1. The van der Waals surface area contributed by atoms with Crippen molar-refractivity contribution in [2.45, 2.75) is 13.5 Å². The van der Waals surface area contributed by atoms with E-state index in [2.05, 4.69) is 45.2 Å². The highest BCUT2D eigenvalue weighted by molar-refractivity contribution is 5.60. The average Bonchev–Trinajstić information content (AvgIpc) is 2.75. The molecule has 0 saturated carbocycles. The lowest BCUT2D eigenvalue weighted by molar-refractivity contribution is 0.122. The smallest absolute Gasteiger partial charge is 0.179 e. The zero-order valence-corrected chi connectivity index (χ0v) is 16.0. The number of aryl methyl sites for hydroxylation is 1. The van der Waals surface area contributed by atoms with Crippen molar-refractivity contribution in [2.75, 3.05) is 31.2 Å². The number of nitrogens with zero attached hydrogens (tertiary/aromatic N) is 5. The minimum atomic E-state index is 0.527. The molecule has 0 spiro atoms. The van der Waals surface area contributed by atoms with Crippen LogP contribution in [-0.4, -0.2) is 36.3 Å². The Morgan fingerprint density at radius 1 is 0.964 bits per heavy atom. The van der Waals surface area contributed by atoms with Gasteiger partial charge in [0, 0.05) is 24.7 Å². The molecule has 0 amide bonds. The van der Waals surface area contributed by atoms with E-state index >= 15 is 0 Å². The normalized spacial score (nSPS) is 14.5. The number of azo groups is 1. The van der Waals surface area contributed by atoms with Gasteiger partial charge < -0.3 is 9.64 Å². The van der Waals surface area contributed by atoms with Crippen LogP contribution >= 0.6 is 0 Å². The number of benzene rings is 2.